The predicted molar refractivity (Wildman–Crippen MR) is 120 cm³/mol. The van der Waals surface area contributed by atoms with Crippen LogP contribution in [0.3, 0.4) is 0 Å². The average Bonchev–Trinajstić information content (AvgIpc) is 2.54. The van der Waals surface area contributed by atoms with Crippen molar-refractivity contribution in [3.63, 3.8) is 0 Å². The molecule has 2 N–H and O–H groups in total. The van der Waals surface area contributed by atoms with E-state index in [9.17, 15) is 9.59 Å². The summed E-state index contributed by atoms with van der Waals surface area (Å²) < 4.78 is 0.759. The zero-order valence-corrected chi connectivity index (χ0v) is 19.5. The fourth-order valence-electron chi connectivity index (χ4n) is 1.86. The van der Waals surface area contributed by atoms with Crippen molar-refractivity contribution in [3.8, 4) is 0 Å². The summed E-state index contributed by atoms with van der Waals surface area (Å²) in [7, 11) is 0. The maximum absolute atomic E-state index is 12.0. The van der Waals surface area contributed by atoms with Crippen LogP contribution < -0.4 is 5.84 Å². The van der Waals surface area contributed by atoms with Gasteiger partial charge in [0.05, 0.1) is 11.1 Å². The van der Waals surface area contributed by atoms with Gasteiger partial charge in [0.1, 0.15) is 0 Å². The smallest absolute Gasteiger partial charge is 0.269 e. The molecule has 0 aromatic heterocycles. The highest BCUT2D eigenvalue weighted by Crippen LogP contribution is 2.20. The van der Waals surface area contributed by atoms with E-state index in [4.69, 9.17) is 17.4 Å². The molecule has 0 saturated carbocycles. The number of amides is 1. The minimum absolute atomic E-state index is 0. The van der Waals surface area contributed by atoms with Crippen LogP contribution in [0.4, 0.5) is 0 Å². The molecular weight excluding hydrogens is 474 g/mol. The number of rotatable bonds is 2. The summed E-state index contributed by atoms with van der Waals surface area (Å²) in [5, 5.41) is 0.853. The van der Waals surface area contributed by atoms with Gasteiger partial charge in [-0.15, -0.1) is 24.8 Å². The van der Waals surface area contributed by atoms with Gasteiger partial charge in [0.15, 0.2) is 0 Å². The Labute approximate surface area is 186 Å². The lowest BCUT2D eigenvalue weighted by Crippen LogP contribution is -2.50. The van der Waals surface area contributed by atoms with Crippen molar-refractivity contribution in [2.24, 2.45) is 5.84 Å². The molecule has 150 valence electrons. The van der Waals surface area contributed by atoms with Gasteiger partial charge in [0, 0.05) is 10.0 Å². The Kier molecular flexibility index (Phi) is 12.9. The fraction of sp³-hybridized carbons (Fsp3) is 0.263. The van der Waals surface area contributed by atoms with Crippen molar-refractivity contribution in [2.75, 3.05) is 0 Å². The highest BCUT2D eigenvalue weighted by molar-refractivity contribution is 9.10. The van der Waals surface area contributed by atoms with Crippen LogP contribution in [0.25, 0.3) is 0 Å². The summed E-state index contributed by atoms with van der Waals surface area (Å²) in [5.41, 5.74) is 1.70. The standard InChI is InChI=1S/C11H15BrN2O.C8H7ClO.2ClH/c1-11(2,3)14(13)10(15)8-6-4-5-7-9(8)12;1-6-4-2-3-5-7(6)8(9)10;;/h4-7H,13H2,1-3H3;2-5H,1H3;2*1H. The van der Waals surface area contributed by atoms with Gasteiger partial charge in [-0.05, 0) is 79.0 Å². The van der Waals surface area contributed by atoms with E-state index in [1.54, 1.807) is 18.2 Å². The van der Waals surface area contributed by atoms with E-state index in [2.05, 4.69) is 15.9 Å². The number of hydrogen-bond donors (Lipinski definition) is 1. The highest BCUT2D eigenvalue weighted by Gasteiger charge is 2.25. The lowest BCUT2D eigenvalue weighted by molar-refractivity contribution is 0.0581. The van der Waals surface area contributed by atoms with E-state index >= 15 is 0 Å². The quantitative estimate of drug-likeness (QED) is 0.247. The first-order valence-corrected chi connectivity index (χ1v) is 8.82. The summed E-state index contributed by atoms with van der Waals surface area (Å²) in [6, 6.07) is 14.5. The van der Waals surface area contributed by atoms with Crippen molar-refractivity contribution in [1.29, 1.82) is 0 Å². The molecule has 0 radical (unpaired) electrons. The topological polar surface area (TPSA) is 63.4 Å². The first kappa shape index (κ1) is 28.1. The maximum atomic E-state index is 12.0. The Morgan fingerprint density at radius 1 is 0.963 bits per heavy atom. The Balaban J connectivity index is 0. The van der Waals surface area contributed by atoms with Gasteiger partial charge in [0.25, 0.3) is 11.1 Å². The van der Waals surface area contributed by atoms with Crippen molar-refractivity contribution in [1.82, 2.24) is 5.01 Å². The molecule has 27 heavy (non-hydrogen) atoms. The SMILES string of the molecule is CC(C)(C)N(N)C(=O)c1ccccc1Br.Cc1ccccc1C(=O)Cl.Cl.Cl. The Hall–Kier alpha value is -1.11. The summed E-state index contributed by atoms with van der Waals surface area (Å²) in [5.74, 6) is 5.57. The van der Waals surface area contributed by atoms with Crippen molar-refractivity contribution < 1.29 is 9.59 Å². The van der Waals surface area contributed by atoms with Crippen LogP contribution in [-0.4, -0.2) is 21.7 Å². The molecule has 1 amide bonds. The van der Waals surface area contributed by atoms with Crippen molar-refractivity contribution in [2.45, 2.75) is 33.2 Å². The highest BCUT2D eigenvalue weighted by atomic mass is 79.9. The van der Waals surface area contributed by atoms with Gasteiger partial charge in [0.2, 0.25) is 0 Å². The molecule has 0 heterocycles. The van der Waals surface area contributed by atoms with Crippen LogP contribution >= 0.6 is 52.3 Å². The van der Waals surface area contributed by atoms with Gasteiger partial charge in [-0.1, -0.05) is 30.3 Å². The molecule has 0 fully saturated rings. The molecule has 0 bridgehead atoms. The summed E-state index contributed by atoms with van der Waals surface area (Å²) in [6.45, 7) is 7.53. The second-order valence-electron chi connectivity index (χ2n) is 6.41. The van der Waals surface area contributed by atoms with Crippen LogP contribution in [0.15, 0.2) is 53.0 Å². The van der Waals surface area contributed by atoms with E-state index in [1.807, 2.05) is 58.0 Å². The Morgan fingerprint density at radius 3 is 1.78 bits per heavy atom. The van der Waals surface area contributed by atoms with Crippen molar-refractivity contribution >= 4 is 63.5 Å². The first-order valence-electron chi connectivity index (χ1n) is 7.65. The van der Waals surface area contributed by atoms with Gasteiger partial charge in [-0.3, -0.25) is 14.6 Å². The molecule has 0 unspecified atom stereocenters. The largest absolute Gasteiger partial charge is 0.276 e. The molecule has 2 aromatic carbocycles. The predicted octanol–water partition coefficient (Wildman–Crippen LogP) is 5.78. The van der Waals surface area contributed by atoms with Crippen LogP contribution in [0, 0.1) is 6.92 Å². The summed E-state index contributed by atoms with van der Waals surface area (Å²) in [6.07, 6.45) is 0. The van der Waals surface area contributed by atoms with Crippen molar-refractivity contribution in [3.05, 3.63) is 69.7 Å². The number of hydrogen-bond acceptors (Lipinski definition) is 3. The van der Waals surface area contributed by atoms with Crippen LogP contribution in [-0.2, 0) is 0 Å². The molecule has 2 rings (SSSR count). The summed E-state index contributed by atoms with van der Waals surface area (Å²) >= 11 is 8.60. The van der Waals surface area contributed by atoms with Gasteiger partial charge >= 0.3 is 0 Å². The minimum atomic E-state index is -0.391. The summed E-state index contributed by atoms with van der Waals surface area (Å²) in [4.78, 5) is 22.6. The maximum Gasteiger partial charge on any atom is 0.269 e. The Morgan fingerprint density at radius 2 is 1.41 bits per heavy atom. The van der Waals surface area contributed by atoms with E-state index < -0.39 is 5.24 Å². The zero-order valence-electron chi connectivity index (χ0n) is 15.5. The number of benzene rings is 2. The number of carbonyl (C=O) groups is 2. The average molecular weight is 499 g/mol. The second kappa shape index (κ2) is 12.4. The number of nitrogens with two attached hydrogens (primary N) is 1. The van der Waals surface area contributed by atoms with Gasteiger partial charge in [-0.2, -0.15) is 0 Å². The molecule has 0 saturated heterocycles. The molecule has 4 nitrogen and oxygen atoms in total. The third-order valence-electron chi connectivity index (χ3n) is 3.40. The fourth-order valence-corrected chi connectivity index (χ4v) is 2.53. The third kappa shape index (κ3) is 8.62. The Bertz CT molecular complexity index is 765. The first-order chi connectivity index (χ1) is 11.6. The van der Waals surface area contributed by atoms with E-state index in [-0.39, 0.29) is 36.3 Å². The third-order valence-corrected chi connectivity index (χ3v) is 4.30. The minimum Gasteiger partial charge on any atom is -0.276 e. The van der Waals surface area contributed by atoms with Gasteiger partial charge < -0.3 is 0 Å². The van der Waals surface area contributed by atoms with Crippen LogP contribution in [0.5, 0.6) is 0 Å². The number of carbonyl (C=O) groups excluding carboxylic acids is 2. The van der Waals surface area contributed by atoms with Gasteiger partial charge in [-0.25, -0.2) is 5.84 Å². The molecule has 0 aliphatic rings. The molecular formula is C19H24BrCl3N2O2. The van der Waals surface area contributed by atoms with E-state index in [0.29, 0.717) is 11.1 Å². The molecule has 0 spiro atoms. The molecule has 2 aromatic rings. The number of nitrogens with zero attached hydrogens (tertiary/aromatic N) is 1. The van der Waals surface area contributed by atoms with E-state index in [0.717, 1.165) is 10.0 Å². The lowest BCUT2D eigenvalue weighted by atomic mass is 10.1. The number of aryl methyl sites for hydroxylation is 1. The van der Waals surface area contributed by atoms with E-state index in [1.165, 1.54) is 5.01 Å². The monoisotopic (exact) mass is 496 g/mol. The lowest BCUT2D eigenvalue weighted by Gasteiger charge is -2.31. The molecule has 0 aliphatic heterocycles. The van der Waals surface area contributed by atoms with Crippen LogP contribution in [0.2, 0.25) is 0 Å². The number of halogens is 4. The molecule has 8 heteroatoms. The number of hydrazine groups is 1. The molecule has 0 aliphatic carbocycles. The second-order valence-corrected chi connectivity index (χ2v) is 7.61. The zero-order chi connectivity index (χ0) is 19.2. The van der Waals surface area contributed by atoms with Crippen LogP contribution in [0.1, 0.15) is 47.1 Å². The normalized spacial score (nSPS) is 9.74. The molecule has 0 atom stereocenters.